The predicted molar refractivity (Wildman–Crippen MR) is 145 cm³/mol. The lowest BCUT2D eigenvalue weighted by molar-refractivity contribution is 0.0600. The van der Waals surface area contributed by atoms with Crippen LogP contribution in [0.1, 0.15) is 10.4 Å². The van der Waals surface area contributed by atoms with Crippen LogP contribution in [0.25, 0.3) is 33.4 Å². The number of esters is 1. The van der Waals surface area contributed by atoms with Gasteiger partial charge in [0.05, 0.1) is 18.1 Å². The van der Waals surface area contributed by atoms with Crippen molar-refractivity contribution >= 4 is 34.4 Å². The van der Waals surface area contributed by atoms with Gasteiger partial charge in [-0.05, 0) is 47.5 Å². The van der Waals surface area contributed by atoms with E-state index >= 15 is 0 Å². The first kappa shape index (κ1) is 24.0. The van der Waals surface area contributed by atoms with Gasteiger partial charge in [-0.2, -0.15) is 0 Å². The molecule has 1 heterocycles. The number of para-hydroxylation sites is 1. The van der Waals surface area contributed by atoms with Crippen LogP contribution in [0, 0.1) is 0 Å². The predicted octanol–water partition coefficient (Wildman–Crippen LogP) is 6.66. The minimum absolute atomic E-state index is 0.119. The van der Waals surface area contributed by atoms with Crippen molar-refractivity contribution in [2.45, 2.75) is 0 Å². The Kier molecular flexibility index (Phi) is 6.78. The molecule has 1 aromatic heterocycles. The molecule has 0 atom stereocenters. The average Bonchev–Trinajstić information content (AvgIpc) is 2.95. The van der Waals surface area contributed by atoms with E-state index in [2.05, 4.69) is 0 Å². The van der Waals surface area contributed by atoms with E-state index in [0.717, 1.165) is 11.1 Å². The third kappa shape index (κ3) is 5.12. The first-order chi connectivity index (χ1) is 18.0. The number of thiocarbonyl (C=S) groups is 1. The molecule has 182 valence electrons. The van der Waals surface area contributed by atoms with E-state index in [1.54, 1.807) is 60.7 Å². The zero-order chi connectivity index (χ0) is 25.8. The minimum Gasteiger partial charge on any atom is -0.465 e. The van der Waals surface area contributed by atoms with Gasteiger partial charge in [-0.3, -0.25) is 4.79 Å². The third-order valence-corrected chi connectivity index (χ3v) is 5.82. The number of carbonyl (C=O) groups is 1. The fraction of sp³-hybridized carbons (Fsp3) is 0.0333. The van der Waals surface area contributed by atoms with Crippen molar-refractivity contribution in [3.8, 4) is 33.9 Å². The maximum atomic E-state index is 13.6. The quantitative estimate of drug-likeness (QED) is 0.194. The number of ether oxygens (including phenoxy) is 3. The Bertz CT molecular complexity index is 1640. The molecular weight excluding hydrogens is 488 g/mol. The second-order valence-corrected chi connectivity index (χ2v) is 8.34. The van der Waals surface area contributed by atoms with Gasteiger partial charge in [0.15, 0.2) is 5.76 Å². The van der Waals surface area contributed by atoms with Gasteiger partial charge in [-0.1, -0.05) is 66.7 Å². The van der Waals surface area contributed by atoms with E-state index in [1.165, 1.54) is 7.11 Å². The molecular formula is C30H20O6S. The van der Waals surface area contributed by atoms with Crippen LogP contribution in [0.3, 0.4) is 0 Å². The fourth-order valence-electron chi connectivity index (χ4n) is 3.83. The van der Waals surface area contributed by atoms with Crippen molar-refractivity contribution in [2.75, 3.05) is 7.11 Å². The fourth-order valence-corrected chi connectivity index (χ4v) is 4.01. The molecule has 0 aliphatic carbocycles. The summed E-state index contributed by atoms with van der Waals surface area (Å²) < 4.78 is 22.4. The van der Waals surface area contributed by atoms with Crippen LogP contribution in [0.15, 0.2) is 112 Å². The summed E-state index contributed by atoms with van der Waals surface area (Å²) >= 11 is 5.28. The SMILES string of the molecule is COC(=O)c1ccc(-c2oc3cc(-c4ccccc4)ccc3c(=O)c2OC(=S)Oc2ccccc2)cc1. The van der Waals surface area contributed by atoms with E-state index in [0.29, 0.717) is 27.8 Å². The Morgan fingerprint density at radius 1 is 0.757 bits per heavy atom. The zero-order valence-corrected chi connectivity index (χ0v) is 20.5. The Balaban J connectivity index is 1.62. The molecule has 0 spiro atoms. The molecule has 37 heavy (non-hydrogen) atoms. The van der Waals surface area contributed by atoms with Crippen LogP contribution in [0.2, 0.25) is 0 Å². The van der Waals surface area contributed by atoms with Gasteiger partial charge in [0.25, 0.3) is 0 Å². The second kappa shape index (κ2) is 10.5. The first-order valence-electron chi connectivity index (χ1n) is 11.3. The molecule has 0 bridgehead atoms. The van der Waals surface area contributed by atoms with Gasteiger partial charge in [-0.25, -0.2) is 4.79 Å². The number of carbonyl (C=O) groups excluding carboxylic acids is 1. The highest BCUT2D eigenvalue weighted by Gasteiger charge is 2.21. The molecule has 0 fully saturated rings. The average molecular weight is 509 g/mol. The van der Waals surface area contributed by atoms with E-state index in [-0.39, 0.29) is 16.7 Å². The number of methoxy groups -OCH3 is 1. The van der Waals surface area contributed by atoms with E-state index in [4.69, 9.17) is 30.8 Å². The van der Waals surface area contributed by atoms with Crippen molar-refractivity contribution in [3.63, 3.8) is 0 Å². The van der Waals surface area contributed by atoms with Crippen LogP contribution >= 0.6 is 12.2 Å². The first-order valence-corrected chi connectivity index (χ1v) is 11.7. The standard InChI is InChI=1S/C30H20O6S/c1-33-29(32)21-14-12-20(13-15-21)27-28(36-30(37)34-23-10-6-3-7-11-23)26(31)24-17-16-22(18-25(24)35-27)19-8-4-2-5-9-19/h2-18H,1H3. The molecule has 7 heteroatoms. The van der Waals surface area contributed by atoms with Crippen molar-refractivity contribution in [3.05, 3.63) is 119 Å². The maximum Gasteiger partial charge on any atom is 0.363 e. The highest BCUT2D eigenvalue weighted by molar-refractivity contribution is 7.79. The minimum atomic E-state index is -0.479. The van der Waals surface area contributed by atoms with Crippen molar-refractivity contribution in [1.82, 2.24) is 0 Å². The van der Waals surface area contributed by atoms with Gasteiger partial charge in [0.1, 0.15) is 11.3 Å². The Morgan fingerprint density at radius 2 is 1.41 bits per heavy atom. The Hall–Kier alpha value is -4.75. The molecule has 4 aromatic carbocycles. The molecule has 0 unspecified atom stereocenters. The number of hydrogen-bond donors (Lipinski definition) is 0. The summed E-state index contributed by atoms with van der Waals surface area (Å²) in [6.07, 6.45) is 0. The normalized spacial score (nSPS) is 10.6. The van der Waals surface area contributed by atoms with E-state index in [9.17, 15) is 9.59 Å². The molecule has 0 radical (unpaired) electrons. The second-order valence-electron chi connectivity index (χ2n) is 8.00. The number of benzene rings is 4. The smallest absolute Gasteiger partial charge is 0.363 e. The van der Waals surface area contributed by atoms with Crippen molar-refractivity contribution < 1.29 is 23.4 Å². The Labute approximate surface area is 217 Å². The summed E-state index contributed by atoms with van der Waals surface area (Å²) in [6, 6.07) is 30.4. The Morgan fingerprint density at radius 3 is 2.08 bits per heavy atom. The summed E-state index contributed by atoms with van der Waals surface area (Å²) in [5.41, 5.74) is 2.70. The molecule has 0 amide bonds. The van der Waals surface area contributed by atoms with Crippen LogP contribution in [0.5, 0.6) is 11.5 Å². The van der Waals surface area contributed by atoms with Crippen LogP contribution < -0.4 is 14.9 Å². The molecule has 0 saturated carbocycles. The highest BCUT2D eigenvalue weighted by Crippen LogP contribution is 2.33. The number of fused-ring (bicyclic) bond motifs is 1. The molecule has 0 aliphatic rings. The van der Waals surface area contributed by atoms with Crippen LogP contribution in [0.4, 0.5) is 0 Å². The topological polar surface area (TPSA) is 75.0 Å². The summed E-state index contributed by atoms with van der Waals surface area (Å²) in [5, 5.41) is 0.0679. The van der Waals surface area contributed by atoms with Crippen LogP contribution in [-0.4, -0.2) is 18.3 Å². The summed E-state index contributed by atoms with van der Waals surface area (Å²) in [7, 11) is 1.31. The lowest BCUT2D eigenvalue weighted by Crippen LogP contribution is -2.19. The zero-order valence-electron chi connectivity index (χ0n) is 19.7. The monoisotopic (exact) mass is 508 g/mol. The maximum absolute atomic E-state index is 13.6. The highest BCUT2D eigenvalue weighted by atomic mass is 32.1. The molecule has 0 saturated heterocycles. The molecule has 5 rings (SSSR count). The van der Waals surface area contributed by atoms with Gasteiger partial charge < -0.3 is 18.6 Å². The molecule has 0 N–H and O–H groups in total. The van der Waals surface area contributed by atoms with Crippen LogP contribution in [-0.2, 0) is 4.74 Å². The largest absolute Gasteiger partial charge is 0.465 e. The van der Waals surface area contributed by atoms with Gasteiger partial charge in [0, 0.05) is 17.8 Å². The summed E-state index contributed by atoms with van der Waals surface area (Å²) in [6.45, 7) is 0. The van der Waals surface area contributed by atoms with Gasteiger partial charge >= 0.3 is 11.2 Å². The third-order valence-electron chi connectivity index (χ3n) is 5.66. The van der Waals surface area contributed by atoms with Gasteiger partial charge in [-0.15, -0.1) is 0 Å². The number of hydrogen-bond acceptors (Lipinski definition) is 7. The summed E-state index contributed by atoms with van der Waals surface area (Å²) in [5.74, 6) is 0.0203. The van der Waals surface area contributed by atoms with Crippen molar-refractivity contribution in [2.24, 2.45) is 0 Å². The van der Waals surface area contributed by atoms with Crippen molar-refractivity contribution in [1.29, 1.82) is 0 Å². The molecule has 0 aliphatic heterocycles. The lowest BCUT2D eigenvalue weighted by Gasteiger charge is -2.13. The van der Waals surface area contributed by atoms with E-state index in [1.807, 2.05) is 42.5 Å². The molecule has 6 nitrogen and oxygen atoms in total. The summed E-state index contributed by atoms with van der Waals surface area (Å²) in [4.78, 5) is 25.5. The molecule has 5 aromatic rings. The van der Waals surface area contributed by atoms with E-state index < -0.39 is 11.4 Å². The van der Waals surface area contributed by atoms with Gasteiger partial charge in [0.2, 0.25) is 11.2 Å². The lowest BCUT2D eigenvalue weighted by atomic mass is 10.0. The number of rotatable bonds is 5.